The molecule has 0 N–H and O–H groups in total. The van der Waals surface area contributed by atoms with Crippen molar-refractivity contribution in [3.63, 3.8) is 0 Å². The zero-order chi connectivity index (χ0) is 28.6. The van der Waals surface area contributed by atoms with E-state index in [4.69, 9.17) is 18.9 Å². The van der Waals surface area contributed by atoms with E-state index in [9.17, 15) is 0 Å². The Morgan fingerprint density at radius 2 is 1.76 bits per heavy atom. The lowest BCUT2D eigenvalue weighted by Gasteiger charge is -2.32. The molecule has 1 aliphatic heterocycles. The predicted octanol–water partition coefficient (Wildman–Crippen LogP) is 6.51. The number of methoxy groups -OCH3 is 1. The second-order valence-electron chi connectivity index (χ2n) is 10.9. The van der Waals surface area contributed by atoms with Crippen molar-refractivity contribution in [1.82, 2.24) is 24.4 Å². The van der Waals surface area contributed by atoms with E-state index in [-0.39, 0.29) is 0 Å². The van der Waals surface area contributed by atoms with E-state index in [1.54, 1.807) is 23.0 Å². The fourth-order valence-electron chi connectivity index (χ4n) is 5.46. The van der Waals surface area contributed by atoms with Gasteiger partial charge in [-0.3, -0.25) is 4.90 Å². The second kappa shape index (κ2) is 11.2. The average molecular weight is 580 g/mol. The average Bonchev–Trinajstić information content (AvgIpc) is 3.70. The van der Waals surface area contributed by atoms with Crippen LogP contribution in [0.5, 0.6) is 11.5 Å². The highest BCUT2D eigenvalue weighted by atomic mass is 32.1. The van der Waals surface area contributed by atoms with Gasteiger partial charge in [0.25, 0.3) is 0 Å². The van der Waals surface area contributed by atoms with Gasteiger partial charge in [0.15, 0.2) is 5.76 Å². The van der Waals surface area contributed by atoms with Crippen molar-refractivity contribution < 1.29 is 13.9 Å². The van der Waals surface area contributed by atoms with Gasteiger partial charge in [0.05, 0.1) is 13.3 Å². The number of benzene rings is 3. The summed E-state index contributed by atoms with van der Waals surface area (Å²) >= 11 is 1.55. The van der Waals surface area contributed by atoms with Crippen LogP contribution in [0.4, 0.5) is 0 Å². The van der Waals surface area contributed by atoms with E-state index < -0.39 is 0 Å². The van der Waals surface area contributed by atoms with Crippen LogP contribution in [0.3, 0.4) is 0 Å². The molecule has 0 aliphatic carbocycles. The number of piperazine rings is 1. The summed E-state index contributed by atoms with van der Waals surface area (Å²) < 4.78 is 19.9. The second-order valence-corrected chi connectivity index (χ2v) is 12.0. The molecule has 9 heteroatoms. The Kier molecular flexibility index (Phi) is 7.15. The van der Waals surface area contributed by atoms with Crippen LogP contribution in [0.1, 0.15) is 16.1 Å². The smallest absolute Gasteiger partial charge is 0.212 e. The summed E-state index contributed by atoms with van der Waals surface area (Å²) in [5, 5.41) is 6.41. The molecule has 8 nitrogen and oxygen atoms in total. The maximum atomic E-state index is 6.32. The first kappa shape index (κ1) is 26.7. The zero-order valence-electron chi connectivity index (χ0n) is 24.0. The van der Waals surface area contributed by atoms with Crippen molar-refractivity contribution in [3.05, 3.63) is 89.1 Å². The summed E-state index contributed by atoms with van der Waals surface area (Å²) in [5.74, 6) is 2.22. The van der Waals surface area contributed by atoms with E-state index in [0.717, 1.165) is 82.0 Å². The Labute approximate surface area is 248 Å². The molecule has 3 aromatic carbocycles. The minimum Gasteiger partial charge on any atom is -0.497 e. The monoisotopic (exact) mass is 579 g/mol. The summed E-state index contributed by atoms with van der Waals surface area (Å²) in [6.45, 7) is 7.85. The van der Waals surface area contributed by atoms with Gasteiger partial charge in [-0.1, -0.05) is 47.7 Å². The van der Waals surface area contributed by atoms with Crippen molar-refractivity contribution in [3.8, 4) is 34.1 Å². The SMILES string of the molecule is COc1cc(COc2cccc(-c3ccc(CN4CCN(C)CC4)cc3)c2)c2cc(-c3cn4nc(C)sc4n3)oc2c1. The number of hydrogen-bond acceptors (Lipinski definition) is 8. The van der Waals surface area contributed by atoms with Crippen LogP contribution in [0.25, 0.3) is 38.5 Å². The van der Waals surface area contributed by atoms with E-state index in [2.05, 4.69) is 58.3 Å². The summed E-state index contributed by atoms with van der Waals surface area (Å²) in [4.78, 5) is 10.5. The fraction of sp³-hybridized carbons (Fsp3) is 0.273. The molecule has 6 aromatic rings. The zero-order valence-corrected chi connectivity index (χ0v) is 24.9. The number of rotatable bonds is 8. The number of hydrogen-bond donors (Lipinski definition) is 0. The summed E-state index contributed by atoms with van der Waals surface area (Å²) in [6.07, 6.45) is 1.90. The fourth-order valence-corrected chi connectivity index (χ4v) is 6.18. The topological polar surface area (TPSA) is 68.3 Å². The van der Waals surface area contributed by atoms with Gasteiger partial charge >= 0.3 is 0 Å². The number of ether oxygens (including phenoxy) is 2. The van der Waals surface area contributed by atoms with E-state index in [1.165, 1.54) is 11.1 Å². The molecule has 0 unspecified atom stereocenters. The van der Waals surface area contributed by atoms with Gasteiger partial charge < -0.3 is 18.8 Å². The predicted molar refractivity (Wildman–Crippen MR) is 166 cm³/mol. The molecule has 3 aromatic heterocycles. The van der Waals surface area contributed by atoms with Crippen LogP contribution in [-0.4, -0.2) is 64.7 Å². The lowest BCUT2D eigenvalue weighted by atomic mass is 10.0. The molecule has 0 amide bonds. The lowest BCUT2D eigenvalue weighted by molar-refractivity contribution is 0.148. The van der Waals surface area contributed by atoms with E-state index in [1.807, 2.05) is 43.5 Å². The highest BCUT2D eigenvalue weighted by Gasteiger charge is 2.17. The molecule has 0 saturated carbocycles. The number of aromatic nitrogens is 3. The van der Waals surface area contributed by atoms with Gasteiger partial charge in [0, 0.05) is 49.7 Å². The first-order valence-corrected chi connectivity index (χ1v) is 15.0. The van der Waals surface area contributed by atoms with Gasteiger partial charge in [0.2, 0.25) is 4.96 Å². The first-order valence-electron chi connectivity index (χ1n) is 14.2. The Morgan fingerprint density at radius 1 is 0.929 bits per heavy atom. The third kappa shape index (κ3) is 5.51. The molecule has 1 saturated heterocycles. The third-order valence-corrected chi connectivity index (χ3v) is 8.68. The van der Waals surface area contributed by atoms with Crippen LogP contribution >= 0.6 is 11.3 Å². The van der Waals surface area contributed by atoms with Crippen LogP contribution in [0.15, 0.2) is 77.3 Å². The summed E-state index contributed by atoms with van der Waals surface area (Å²) in [5.41, 5.74) is 6.11. The standard InChI is InChI=1S/C33H33N5O3S/c1-22-35-38-20-30(34-33(38)42-22)32-18-29-26(16-28(39-3)17-31(29)41-32)21-40-27-6-4-5-25(15-27)24-9-7-23(8-10-24)19-37-13-11-36(2)12-14-37/h4-10,15-18,20H,11-14,19,21H2,1-3H3. The Balaban J connectivity index is 1.08. The molecule has 0 atom stereocenters. The first-order chi connectivity index (χ1) is 20.5. The number of aryl methyl sites for hydroxylation is 1. The van der Waals surface area contributed by atoms with Crippen LogP contribution in [0, 0.1) is 6.92 Å². The number of furan rings is 1. The van der Waals surface area contributed by atoms with Gasteiger partial charge in [-0.25, -0.2) is 9.50 Å². The number of likely N-dealkylation sites (N-methyl/N-ethyl adjacent to an activating group) is 1. The maximum Gasteiger partial charge on any atom is 0.212 e. The third-order valence-electron chi connectivity index (χ3n) is 7.85. The Hall–Kier alpha value is -4.18. The molecule has 0 radical (unpaired) electrons. The largest absolute Gasteiger partial charge is 0.497 e. The number of imidazole rings is 1. The van der Waals surface area contributed by atoms with Crippen molar-refractivity contribution in [1.29, 1.82) is 0 Å². The number of nitrogens with zero attached hydrogens (tertiary/aromatic N) is 5. The quantitative estimate of drug-likeness (QED) is 0.204. The van der Waals surface area contributed by atoms with E-state index in [0.29, 0.717) is 12.4 Å². The maximum absolute atomic E-state index is 6.32. The Morgan fingerprint density at radius 3 is 2.55 bits per heavy atom. The molecule has 0 spiro atoms. The van der Waals surface area contributed by atoms with Gasteiger partial charge in [-0.05, 0) is 54.9 Å². The number of fused-ring (bicyclic) bond motifs is 2. The highest BCUT2D eigenvalue weighted by Crippen LogP contribution is 2.34. The van der Waals surface area contributed by atoms with Crippen molar-refractivity contribution in [2.24, 2.45) is 0 Å². The molecule has 0 bridgehead atoms. The molecule has 4 heterocycles. The van der Waals surface area contributed by atoms with Crippen LogP contribution < -0.4 is 9.47 Å². The molecule has 7 rings (SSSR count). The van der Waals surface area contributed by atoms with Crippen molar-refractivity contribution in [2.75, 3.05) is 40.3 Å². The van der Waals surface area contributed by atoms with Gasteiger partial charge in [-0.2, -0.15) is 5.10 Å². The van der Waals surface area contributed by atoms with Gasteiger partial charge in [0.1, 0.15) is 34.4 Å². The minimum atomic E-state index is 0.374. The highest BCUT2D eigenvalue weighted by molar-refractivity contribution is 7.16. The summed E-state index contributed by atoms with van der Waals surface area (Å²) in [7, 11) is 3.85. The molecule has 42 heavy (non-hydrogen) atoms. The normalized spacial score (nSPS) is 14.6. The van der Waals surface area contributed by atoms with Crippen molar-refractivity contribution >= 4 is 27.3 Å². The van der Waals surface area contributed by atoms with Crippen LogP contribution in [0.2, 0.25) is 0 Å². The molecule has 214 valence electrons. The molecular formula is C33H33N5O3S. The summed E-state index contributed by atoms with van der Waals surface area (Å²) in [6, 6.07) is 23.1. The van der Waals surface area contributed by atoms with E-state index >= 15 is 0 Å². The molecule has 1 fully saturated rings. The lowest BCUT2D eigenvalue weighted by Crippen LogP contribution is -2.43. The molecule has 1 aliphatic rings. The van der Waals surface area contributed by atoms with Crippen LogP contribution in [-0.2, 0) is 13.2 Å². The van der Waals surface area contributed by atoms with Crippen molar-refractivity contribution in [2.45, 2.75) is 20.1 Å². The Bertz CT molecular complexity index is 1820. The van der Waals surface area contributed by atoms with Gasteiger partial charge in [-0.15, -0.1) is 0 Å². The molecular weight excluding hydrogens is 546 g/mol. The minimum absolute atomic E-state index is 0.374.